The molecule has 0 saturated carbocycles. The maximum atomic E-state index is 14.2. The van der Waals surface area contributed by atoms with E-state index in [-0.39, 0.29) is 11.8 Å². The quantitative estimate of drug-likeness (QED) is 0.858. The van der Waals surface area contributed by atoms with Crippen LogP contribution in [0.4, 0.5) is 4.39 Å². The van der Waals surface area contributed by atoms with Crippen LogP contribution in [0.25, 0.3) is 10.9 Å². The number of thioether (sulfide) groups is 1. The van der Waals surface area contributed by atoms with Crippen molar-refractivity contribution in [1.82, 2.24) is 10.3 Å². The Morgan fingerprint density at radius 1 is 1.41 bits per heavy atom. The number of para-hydroxylation sites is 1. The van der Waals surface area contributed by atoms with E-state index in [4.69, 9.17) is 4.74 Å². The van der Waals surface area contributed by atoms with Crippen molar-refractivity contribution in [2.75, 3.05) is 6.26 Å². The zero-order valence-corrected chi connectivity index (χ0v) is 13.8. The highest BCUT2D eigenvalue weighted by atomic mass is 32.2. The molecule has 6 heteroatoms. The summed E-state index contributed by atoms with van der Waals surface area (Å²) in [5.74, 6) is -0.743. The number of halogens is 1. The van der Waals surface area contributed by atoms with Gasteiger partial charge in [-0.15, -0.1) is 11.8 Å². The molecule has 2 rings (SSSR count). The van der Waals surface area contributed by atoms with Crippen molar-refractivity contribution in [3.05, 3.63) is 36.1 Å². The fraction of sp³-hybridized carbons (Fsp3) is 0.375. The molecule has 1 amide bonds. The van der Waals surface area contributed by atoms with Gasteiger partial charge in [-0.25, -0.2) is 9.37 Å². The van der Waals surface area contributed by atoms with Gasteiger partial charge in [-0.1, -0.05) is 18.2 Å². The molecule has 0 spiro atoms. The standard InChI is InChI=1S/C16H19FN2O2S/c1-10(20)19-16(2,3)15(22-4)21-14-12(17)9-11-7-5-6-8-13(11)18-14/h5-9,15H,1-4H3,(H,19,20). The lowest BCUT2D eigenvalue weighted by molar-refractivity contribution is -0.121. The molecule has 1 heterocycles. The van der Waals surface area contributed by atoms with Gasteiger partial charge in [-0.05, 0) is 32.2 Å². The third-order valence-corrected chi connectivity index (χ3v) is 4.28. The molecule has 118 valence electrons. The molecule has 1 N–H and O–H groups in total. The number of hydrogen-bond acceptors (Lipinski definition) is 4. The minimum absolute atomic E-state index is 0.0588. The summed E-state index contributed by atoms with van der Waals surface area (Å²) < 4.78 is 19.9. The Balaban J connectivity index is 2.31. The molecule has 0 aliphatic carbocycles. The van der Waals surface area contributed by atoms with Crippen molar-refractivity contribution in [3.63, 3.8) is 0 Å². The van der Waals surface area contributed by atoms with Gasteiger partial charge in [-0.2, -0.15) is 0 Å². The summed E-state index contributed by atoms with van der Waals surface area (Å²) in [6.07, 6.45) is 1.84. The van der Waals surface area contributed by atoms with E-state index in [1.807, 2.05) is 32.2 Å². The number of hydrogen-bond donors (Lipinski definition) is 1. The summed E-state index contributed by atoms with van der Waals surface area (Å²) in [5.41, 5.74) is -0.471. The molecule has 0 bridgehead atoms. The van der Waals surface area contributed by atoms with E-state index in [0.29, 0.717) is 10.9 Å². The smallest absolute Gasteiger partial charge is 0.252 e. The topological polar surface area (TPSA) is 51.2 Å². The SMILES string of the molecule is CSC(Oc1nc2ccccc2cc1F)C(C)(C)NC(C)=O. The van der Waals surface area contributed by atoms with E-state index in [1.54, 1.807) is 12.1 Å². The van der Waals surface area contributed by atoms with E-state index < -0.39 is 16.8 Å². The summed E-state index contributed by atoms with van der Waals surface area (Å²) in [7, 11) is 0. The second-order valence-electron chi connectivity index (χ2n) is 5.56. The normalized spacial score (nSPS) is 13.0. The molecule has 0 radical (unpaired) electrons. The molecule has 1 aromatic carbocycles. The lowest BCUT2D eigenvalue weighted by Crippen LogP contribution is -2.52. The lowest BCUT2D eigenvalue weighted by atomic mass is 10.1. The van der Waals surface area contributed by atoms with Gasteiger partial charge >= 0.3 is 0 Å². The van der Waals surface area contributed by atoms with Gasteiger partial charge in [0.1, 0.15) is 0 Å². The second-order valence-corrected chi connectivity index (χ2v) is 6.46. The molecule has 1 aromatic heterocycles. The first-order valence-electron chi connectivity index (χ1n) is 6.87. The van der Waals surface area contributed by atoms with Gasteiger partial charge in [0, 0.05) is 12.3 Å². The van der Waals surface area contributed by atoms with Gasteiger partial charge in [0.15, 0.2) is 11.3 Å². The first-order chi connectivity index (χ1) is 10.3. The van der Waals surface area contributed by atoms with Crippen molar-refractivity contribution >= 4 is 28.6 Å². The average molecular weight is 322 g/mol. The van der Waals surface area contributed by atoms with E-state index in [9.17, 15) is 9.18 Å². The zero-order valence-electron chi connectivity index (χ0n) is 13.0. The Bertz CT molecular complexity index is 691. The predicted octanol–water partition coefficient (Wildman–Crippen LogP) is 3.36. The zero-order chi connectivity index (χ0) is 16.3. The molecule has 2 aromatic rings. The third-order valence-electron chi connectivity index (χ3n) is 3.17. The minimum atomic E-state index is -0.662. The monoisotopic (exact) mass is 322 g/mol. The molecular formula is C16H19FN2O2S. The van der Waals surface area contributed by atoms with Crippen LogP contribution in [-0.4, -0.2) is 28.1 Å². The number of amides is 1. The van der Waals surface area contributed by atoms with E-state index in [0.717, 1.165) is 0 Å². The molecule has 1 unspecified atom stereocenters. The highest BCUT2D eigenvalue weighted by Gasteiger charge is 2.32. The average Bonchev–Trinajstić information content (AvgIpc) is 2.43. The molecule has 4 nitrogen and oxygen atoms in total. The number of benzene rings is 1. The van der Waals surface area contributed by atoms with E-state index in [2.05, 4.69) is 10.3 Å². The number of aromatic nitrogens is 1. The van der Waals surface area contributed by atoms with Crippen LogP contribution >= 0.6 is 11.8 Å². The number of nitrogens with zero attached hydrogens (tertiary/aromatic N) is 1. The van der Waals surface area contributed by atoms with Crippen molar-refractivity contribution in [2.24, 2.45) is 0 Å². The molecule has 0 aliphatic heterocycles. The molecular weight excluding hydrogens is 303 g/mol. The maximum absolute atomic E-state index is 14.2. The van der Waals surface area contributed by atoms with Gasteiger partial charge in [-0.3, -0.25) is 4.79 Å². The fourth-order valence-corrected chi connectivity index (χ4v) is 3.09. The van der Waals surface area contributed by atoms with Crippen LogP contribution in [0.2, 0.25) is 0 Å². The summed E-state index contributed by atoms with van der Waals surface area (Å²) in [6, 6.07) is 8.66. The molecule has 0 saturated heterocycles. The number of ether oxygens (including phenoxy) is 1. The van der Waals surface area contributed by atoms with Crippen LogP contribution in [0.15, 0.2) is 30.3 Å². The maximum Gasteiger partial charge on any atom is 0.252 e. The van der Waals surface area contributed by atoms with Crippen LogP contribution in [0, 0.1) is 5.82 Å². The number of nitrogens with one attached hydrogen (secondary N) is 1. The van der Waals surface area contributed by atoms with Gasteiger partial charge < -0.3 is 10.1 Å². The largest absolute Gasteiger partial charge is 0.459 e. The number of rotatable bonds is 5. The van der Waals surface area contributed by atoms with Crippen LogP contribution in [-0.2, 0) is 4.79 Å². The van der Waals surface area contributed by atoms with E-state index >= 15 is 0 Å². The van der Waals surface area contributed by atoms with Gasteiger partial charge in [0.05, 0.1) is 11.1 Å². The number of carbonyl (C=O) groups is 1. The second kappa shape index (κ2) is 6.52. The Labute approximate surface area is 133 Å². The molecule has 1 atom stereocenters. The Morgan fingerprint density at radius 2 is 2.09 bits per heavy atom. The highest BCUT2D eigenvalue weighted by molar-refractivity contribution is 7.99. The summed E-state index contributed by atoms with van der Waals surface area (Å²) in [6.45, 7) is 5.09. The van der Waals surface area contributed by atoms with Crippen LogP contribution in [0.3, 0.4) is 0 Å². The fourth-order valence-electron chi connectivity index (χ4n) is 2.26. The Hall–Kier alpha value is -1.82. The van der Waals surface area contributed by atoms with Gasteiger partial charge in [0.2, 0.25) is 5.91 Å². The van der Waals surface area contributed by atoms with Crippen LogP contribution in [0.1, 0.15) is 20.8 Å². The summed E-state index contributed by atoms with van der Waals surface area (Å²) in [4.78, 5) is 15.5. The molecule has 22 heavy (non-hydrogen) atoms. The van der Waals surface area contributed by atoms with Crippen LogP contribution in [0.5, 0.6) is 5.88 Å². The van der Waals surface area contributed by atoms with Crippen molar-refractivity contribution in [1.29, 1.82) is 0 Å². The van der Waals surface area contributed by atoms with Crippen molar-refractivity contribution in [3.8, 4) is 5.88 Å². The predicted molar refractivity (Wildman–Crippen MR) is 87.5 cm³/mol. The minimum Gasteiger partial charge on any atom is -0.459 e. The first kappa shape index (κ1) is 16.5. The lowest BCUT2D eigenvalue weighted by Gasteiger charge is -2.33. The summed E-state index contributed by atoms with van der Waals surface area (Å²) >= 11 is 1.38. The van der Waals surface area contributed by atoms with Crippen LogP contribution < -0.4 is 10.1 Å². The number of fused-ring (bicyclic) bond motifs is 1. The Morgan fingerprint density at radius 3 is 2.73 bits per heavy atom. The number of carbonyl (C=O) groups excluding carboxylic acids is 1. The van der Waals surface area contributed by atoms with Crippen molar-refractivity contribution < 1.29 is 13.9 Å². The summed E-state index contributed by atoms with van der Waals surface area (Å²) in [5, 5.41) is 3.53. The molecule has 0 aliphatic rings. The molecule has 0 fully saturated rings. The Kier molecular flexibility index (Phi) is 4.90. The third kappa shape index (κ3) is 3.68. The van der Waals surface area contributed by atoms with Gasteiger partial charge in [0.25, 0.3) is 5.88 Å². The number of pyridine rings is 1. The van der Waals surface area contributed by atoms with E-state index in [1.165, 1.54) is 24.8 Å². The van der Waals surface area contributed by atoms with Crippen molar-refractivity contribution in [2.45, 2.75) is 31.7 Å². The first-order valence-corrected chi connectivity index (χ1v) is 8.16. The highest BCUT2D eigenvalue weighted by Crippen LogP contribution is 2.28.